The zero-order chi connectivity index (χ0) is 26.5. The van der Waals surface area contributed by atoms with E-state index in [2.05, 4.69) is 15.3 Å². The number of carbonyl (C=O) groups excluding carboxylic acids is 2. The van der Waals surface area contributed by atoms with Gasteiger partial charge in [0.25, 0.3) is 5.91 Å². The van der Waals surface area contributed by atoms with E-state index in [0.717, 1.165) is 12.0 Å². The zero-order valence-corrected chi connectivity index (χ0v) is 20.3. The Morgan fingerprint density at radius 2 is 1.95 bits per heavy atom. The highest BCUT2D eigenvalue weighted by Crippen LogP contribution is 2.33. The highest BCUT2D eigenvalue weighted by molar-refractivity contribution is 6.09. The zero-order valence-electron chi connectivity index (χ0n) is 20.3. The summed E-state index contributed by atoms with van der Waals surface area (Å²) in [5, 5.41) is 13.5. The van der Waals surface area contributed by atoms with Crippen molar-refractivity contribution in [3.05, 3.63) is 114 Å². The molecule has 38 heavy (non-hydrogen) atoms. The molecular formula is C28H25FN4O5. The maximum absolute atomic E-state index is 13.7. The van der Waals surface area contributed by atoms with Gasteiger partial charge in [-0.05, 0) is 47.9 Å². The first-order chi connectivity index (χ1) is 18.4. The van der Waals surface area contributed by atoms with Gasteiger partial charge in [-0.1, -0.05) is 30.3 Å². The largest absolute Gasteiger partial charge is 0.451 e. The molecule has 2 amide bonds. The molecule has 1 saturated heterocycles. The number of ether oxygens (including phenoxy) is 1. The summed E-state index contributed by atoms with van der Waals surface area (Å²) in [5.74, 6) is -1.37. The van der Waals surface area contributed by atoms with Crippen LogP contribution in [0.2, 0.25) is 0 Å². The van der Waals surface area contributed by atoms with Gasteiger partial charge >= 0.3 is 0 Å². The van der Waals surface area contributed by atoms with E-state index in [0.29, 0.717) is 23.2 Å². The van der Waals surface area contributed by atoms with Gasteiger partial charge in [-0.15, -0.1) is 0 Å². The Labute approximate surface area is 217 Å². The highest BCUT2D eigenvalue weighted by Gasteiger charge is 2.39. The molecule has 1 fully saturated rings. The van der Waals surface area contributed by atoms with Crippen LogP contribution in [0, 0.1) is 5.82 Å². The number of rotatable bonds is 9. The smallest absolute Gasteiger partial charge is 0.281 e. The summed E-state index contributed by atoms with van der Waals surface area (Å²) in [6, 6.07) is 15.1. The van der Waals surface area contributed by atoms with E-state index in [9.17, 15) is 19.1 Å². The molecule has 0 radical (unpaired) electrons. The van der Waals surface area contributed by atoms with Crippen molar-refractivity contribution in [2.24, 2.45) is 0 Å². The lowest BCUT2D eigenvalue weighted by atomic mass is 9.92. The third kappa shape index (κ3) is 5.31. The Morgan fingerprint density at radius 3 is 2.58 bits per heavy atom. The van der Waals surface area contributed by atoms with Crippen LogP contribution in [0.4, 0.5) is 10.1 Å². The van der Waals surface area contributed by atoms with Crippen LogP contribution in [-0.2, 0) is 21.6 Å². The first kappa shape index (κ1) is 25.2. The molecule has 1 unspecified atom stereocenters. The second-order valence-corrected chi connectivity index (χ2v) is 8.98. The van der Waals surface area contributed by atoms with Crippen molar-refractivity contribution in [2.45, 2.75) is 18.1 Å². The quantitative estimate of drug-likeness (QED) is 0.351. The fourth-order valence-electron chi connectivity index (χ4n) is 4.29. The van der Waals surface area contributed by atoms with Crippen LogP contribution in [0.5, 0.6) is 0 Å². The van der Waals surface area contributed by atoms with Crippen molar-refractivity contribution >= 4 is 17.5 Å². The summed E-state index contributed by atoms with van der Waals surface area (Å²) in [7, 11) is 0. The van der Waals surface area contributed by atoms with Gasteiger partial charge < -0.3 is 19.6 Å². The van der Waals surface area contributed by atoms with Crippen molar-refractivity contribution in [1.82, 2.24) is 15.3 Å². The Hall–Kier alpha value is -4.41. The predicted molar refractivity (Wildman–Crippen MR) is 135 cm³/mol. The highest BCUT2D eigenvalue weighted by atomic mass is 19.1. The number of aromatic nitrogens is 2. The predicted octanol–water partition coefficient (Wildman–Crippen LogP) is 3.17. The molecule has 1 aliphatic rings. The minimum absolute atomic E-state index is 0.0153. The topological polar surface area (TPSA) is 118 Å². The minimum Gasteiger partial charge on any atom is -0.451 e. The standard InChI is InChI=1S/C28H25FN4O5/c29-22-5-1-3-19(13-22)10-12-31-26(34)25(20-4-2-11-30-14-20)33(27(35)24-15-37-18-32-24)23-8-6-21(7-9-23)28(36)16-38-17-28/h1-9,11,13-15,18,25,36H,10,12,16-17H2,(H,31,34). The molecular weight excluding hydrogens is 491 g/mol. The SMILES string of the molecule is O=C(NCCc1cccc(F)c1)C(c1cccnc1)N(C(=O)c1cocn1)c1ccc(C2(O)COC2)cc1. The Morgan fingerprint density at radius 1 is 1.13 bits per heavy atom. The summed E-state index contributed by atoms with van der Waals surface area (Å²) in [6.45, 7) is 0.580. The van der Waals surface area contributed by atoms with Gasteiger partial charge in [-0.2, -0.15) is 0 Å². The molecule has 3 heterocycles. The van der Waals surface area contributed by atoms with E-state index in [1.54, 1.807) is 54.7 Å². The van der Waals surface area contributed by atoms with Crippen LogP contribution in [-0.4, -0.2) is 46.6 Å². The lowest BCUT2D eigenvalue weighted by Crippen LogP contribution is -2.46. The van der Waals surface area contributed by atoms with Crippen molar-refractivity contribution < 1.29 is 28.2 Å². The average Bonchev–Trinajstić information content (AvgIpc) is 3.46. The average molecular weight is 517 g/mol. The van der Waals surface area contributed by atoms with Gasteiger partial charge in [0.1, 0.15) is 23.7 Å². The number of benzene rings is 2. The Bertz CT molecular complexity index is 1390. The molecule has 10 heteroatoms. The number of halogens is 1. The van der Waals surface area contributed by atoms with Crippen molar-refractivity contribution in [2.75, 3.05) is 24.7 Å². The fourth-order valence-corrected chi connectivity index (χ4v) is 4.29. The number of hydrogen-bond acceptors (Lipinski definition) is 7. The van der Waals surface area contributed by atoms with Gasteiger partial charge in [0.15, 0.2) is 12.1 Å². The van der Waals surface area contributed by atoms with E-state index in [4.69, 9.17) is 9.15 Å². The number of hydrogen-bond donors (Lipinski definition) is 2. The summed E-state index contributed by atoms with van der Waals surface area (Å²) >= 11 is 0. The molecule has 1 atom stereocenters. The molecule has 4 aromatic rings. The molecule has 2 aromatic carbocycles. The number of oxazole rings is 1. The molecule has 0 aliphatic carbocycles. The summed E-state index contributed by atoms with van der Waals surface area (Å²) in [6.07, 6.45) is 5.83. The molecule has 0 bridgehead atoms. The summed E-state index contributed by atoms with van der Waals surface area (Å²) in [4.78, 5) is 36.8. The first-order valence-corrected chi connectivity index (χ1v) is 12.0. The first-order valence-electron chi connectivity index (χ1n) is 12.0. The lowest BCUT2D eigenvalue weighted by Gasteiger charge is -2.37. The van der Waals surface area contributed by atoms with Gasteiger partial charge in [0.2, 0.25) is 5.91 Å². The normalized spacial score (nSPS) is 14.8. The maximum atomic E-state index is 13.7. The molecule has 1 aliphatic heterocycles. The fraction of sp³-hybridized carbons (Fsp3) is 0.214. The van der Waals surface area contributed by atoms with Crippen LogP contribution in [0.15, 0.2) is 90.1 Å². The molecule has 194 valence electrons. The van der Waals surface area contributed by atoms with Crippen LogP contribution in [0.3, 0.4) is 0 Å². The molecule has 2 N–H and O–H groups in total. The van der Waals surface area contributed by atoms with E-state index in [-0.39, 0.29) is 31.3 Å². The number of aliphatic hydroxyl groups is 1. The Kier molecular flexibility index (Phi) is 7.25. The van der Waals surface area contributed by atoms with Gasteiger partial charge in [0.05, 0.1) is 13.2 Å². The molecule has 0 saturated carbocycles. The third-order valence-electron chi connectivity index (χ3n) is 6.34. The summed E-state index contributed by atoms with van der Waals surface area (Å²) in [5.41, 5.74) is 1.17. The van der Waals surface area contributed by atoms with Gasteiger partial charge in [0, 0.05) is 30.2 Å². The molecule has 9 nitrogen and oxygen atoms in total. The van der Waals surface area contributed by atoms with Gasteiger partial charge in [-0.25, -0.2) is 9.37 Å². The molecule has 5 rings (SSSR count). The van der Waals surface area contributed by atoms with E-state index < -0.39 is 23.5 Å². The van der Waals surface area contributed by atoms with Crippen LogP contribution in [0.25, 0.3) is 0 Å². The van der Waals surface area contributed by atoms with E-state index in [1.165, 1.54) is 29.5 Å². The van der Waals surface area contributed by atoms with Crippen molar-refractivity contribution in [3.63, 3.8) is 0 Å². The van der Waals surface area contributed by atoms with E-state index in [1.807, 2.05) is 0 Å². The van der Waals surface area contributed by atoms with Crippen molar-refractivity contribution in [3.8, 4) is 0 Å². The van der Waals surface area contributed by atoms with Crippen LogP contribution in [0.1, 0.15) is 33.2 Å². The Balaban J connectivity index is 1.47. The van der Waals surface area contributed by atoms with Crippen LogP contribution >= 0.6 is 0 Å². The number of pyridine rings is 1. The lowest BCUT2D eigenvalue weighted by molar-refractivity contribution is -0.184. The minimum atomic E-state index is -1.11. The number of nitrogens with one attached hydrogen (secondary N) is 1. The third-order valence-corrected chi connectivity index (χ3v) is 6.34. The number of carbonyl (C=O) groups is 2. The van der Waals surface area contributed by atoms with Crippen LogP contribution < -0.4 is 10.2 Å². The summed E-state index contributed by atoms with van der Waals surface area (Å²) < 4.78 is 23.7. The number of anilines is 1. The monoisotopic (exact) mass is 516 g/mol. The second kappa shape index (κ2) is 10.9. The van der Waals surface area contributed by atoms with E-state index >= 15 is 0 Å². The van der Waals surface area contributed by atoms with Crippen molar-refractivity contribution in [1.29, 1.82) is 0 Å². The maximum Gasteiger partial charge on any atom is 0.281 e. The van der Waals surface area contributed by atoms with Gasteiger partial charge in [-0.3, -0.25) is 19.5 Å². The number of nitrogens with zero attached hydrogens (tertiary/aromatic N) is 3. The second-order valence-electron chi connectivity index (χ2n) is 8.98. The molecule has 0 spiro atoms. The molecule has 2 aromatic heterocycles. The number of amides is 2.